The van der Waals surface area contributed by atoms with Crippen LogP contribution in [0.2, 0.25) is 0 Å². The first kappa shape index (κ1) is 20.1. The Kier molecular flexibility index (Phi) is 7.79. The third-order valence-electron chi connectivity index (χ3n) is 3.20. The van der Waals surface area contributed by atoms with Gasteiger partial charge in [-0.2, -0.15) is 0 Å². The summed E-state index contributed by atoms with van der Waals surface area (Å²) in [7, 11) is 0. The van der Waals surface area contributed by atoms with Gasteiger partial charge in [0.15, 0.2) is 5.11 Å². The number of amides is 2. The Labute approximate surface area is 170 Å². The molecule has 2 amide bonds. The third-order valence-corrected chi connectivity index (χ3v) is 4.35. The maximum Gasteiger partial charge on any atom is 0.270 e. The number of rotatable bonds is 5. The van der Waals surface area contributed by atoms with Gasteiger partial charge in [-0.1, -0.05) is 25.1 Å². The average molecular weight is 483 g/mol. The van der Waals surface area contributed by atoms with E-state index in [1.165, 1.54) is 0 Å². The molecule has 2 aromatic rings. The first-order valence-electron chi connectivity index (χ1n) is 7.90. The predicted molar refractivity (Wildman–Crippen MR) is 112 cm³/mol. The van der Waals surface area contributed by atoms with E-state index in [-0.39, 0.29) is 11.0 Å². The first-order valence-corrected chi connectivity index (χ1v) is 9.39. The minimum absolute atomic E-state index is 0.00540. The molecule has 0 radical (unpaired) electrons. The Morgan fingerprint density at radius 3 is 2.58 bits per heavy atom. The monoisotopic (exact) mass is 483 g/mol. The van der Waals surface area contributed by atoms with Crippen LogP contribution < -0.4 is 20.9 Å². The number of nitrogens with one attached hydrogen (secondary N) is 3. The summed E-state index contributed by atoms with van der Waals surface area (Å²) < 4.78 is 6.31. The van der Waals surface area contributed by atoms with Crippen LogP contribution in [0.1, 0.15) is 34.1 Å². The Morgan fingerprint density at radius 1 is 1.08 bits per heavy atom. The van der Waals surface area contributed by atoms with Gasteiger partial charge in [-0.05, 0) is 71.6 Å². The SMILES string of the molecule is CCCOc1cccc(C(=O)NC(=S)NNC(=O)c2ccccc2I)c1. The van der Waals surface area contributed by atoms with E-state index in [9.17, 15) is 9.59 Å². The molecule has 6 nitrogen and oxygen atoms in total. The van der Waals surface area contributed by atoms with Crippen LogP contribution in [-0.2, 0) is 0 Å². The van der Waals surface area contributed by atoms with E-state index in [2.05, 4.69) is 38.8 Å². The lowest BCUT2D eigenvalue weighted by Crippen LogP contribution is -2.48. The molecule has 0 aliphatic rings. The Balaban J connectivity index is 1.88. The second kappa shape index (κ2) is 10.1. The Hall–Kier alpha value is -2.20. The molecule has 0 saturated carbocycles. The van der Waals surface area contributed by atoms with Gasteiger partial charge in [-0.15, -0.1) is 0 Å². The maximum atomic E-state index is 12.2. The average Bonchev–Trinajstić information content (AvgIpc) is 2.65. The van der Waals surface area contributed by atoms with Crippen molar-refractivity contribution in [3.63, 3.8) is 0 Å². The smallest absolute Gasteiger partial charge is 0.270 e. The molecule has 0 unspecified atom stereocenters. The van der Waals surface area contributed by atoms with Crippen LogP contribution in [0, 0.1) is 3.57 Å². The second-order valence-corrected chi connectivity index (χ2v) is 6.79. The summed E-state index contributed by atoms with van der Waals surface area (Å²) in [6.07, 6.45) is 0.879. The molecule has 0 aromatic heterocycles. The van der Waals surface area contributed by atoms with E-state index in [1.807, 2.05) is 19.1 Å². The van der Waals surface area contributed by atoms with Gasteiger partial charge in [0.1, 0.15) is 5.75 Å². The van der Waals surface area contributed by atoms with Gasteiger partial charge in [0.05, 0.1) is 12.2 Å². The molecule has 0 spiro atoms. The fourth-order valence-corrected chi connectivity index (χ4v) is 2.76. The molecule has 2 aromatic carbocycles. The zero-order valence-electron chi connectivity index (χ0n) is 14.0. The number of carbonyl (C=O) groups excluding carboxylic acids is 2. The Bertz CT molecular complexity index is 814. The van der Waals surface area contributed by atoms with Gasteiger partial charge in [0.25, 0.3) is 11.8 Å². The highest BCUT2D eigenvalue weighted by Crippen LogP contribution is 2.13. The fourth-order valence-electron chi connectivity index (χ4n) is 1.98. The predicted octanol–water partition coefficient (Wildman–Crippen LogP) is 3.03. The van der Waals surface area contributed by atoms with Crippen molar-refractivity contribution in [2.24, 2.45) is 0 Å². The molecule has 3 N–H and O–H groups in total. The van der Waals surface area contributed by atoms with Crippen molar-refractivity contribution in [3.05, 3.63) is 63.2 Å². The lowest BCUT2D eigenvalue weighted by atomic mass is 10.2. The molecule has 136 valence electrons. The summed E-state index contributed by atoms with van der Waals surface area (Å²) in [5.74, 6) is -0.125. The van der Waals surface area contributed by atoms with Crippen LogP contribution in [0.5, 0.6) is 5.75 Å². The van der Waals surface area contributed by atoms with Gasteiger partial charge in [-0.25, -0.2) is 0 Å². The fraction of sp³-hybridized carbons (Fsp3) is 0.167. The standard InChI is InChI=1S/C18H18IN3O3S/c1-2-10-25-13-7-5-6-12(11-13)16(23)20-18(26)22-21-17(24)14-8-3-4-9-15(14)19/h3-9,11H,2,10H2,1H3,(H,21,24)(H2,20,22,23,26). The Morgan fingerprint density at radius 2 is 1.85 bits per heavy atom. The van der Waals surface area contributed by atoms with Crippen molar-refractivity contribution in [2.75, 3.05) is 6.61 Å². The minimum atomic E-state index is -0.395. The lowest BCUT2D eigenvalue weighted by molar-refractivity contribution is 0.0934. The van der Waals surface area contributed by atoms with Gasteiger partial charge in [-0.3, -0.25) is 25.8 Å². The molecular formula is C18H18IN3O3S. The highest BCUT2D eigenvalue weighted by Gasteiger charge is 2.11. The number of halogens is 1. The second-order valence-electron chi connectivity index (χ2n) is 5.22. The van der Waals surface area contributed by atoms with E-state index in [4.69, 9.17) is 17.0 Å². The number of carbonyl (C=O) groups is 2. The summed E-state index contributed by atoms with van der Waals surface area (Å²) in [4.78, 5) is 24.3. The maximum absolute atomic E-state index is 12.2. The van der Waals surface area contributed by atoms with Crippen molar-refractivity contribution < 1.29 is 14.3 Å². The highest BCUT2D eigenvalue weighted by atomic mass is 127. The third kappa shape index (κ3) is 5.95. The van der Waals surface area contributed by atoms with Crippen molar-refractivity contribution in [3.8, 4) is 5.75 Å². The van der Waals surface area contributed by atoms with Crippen molar-refractivity contribution in [2.45, 2.75) is 13.3 Å². The molecule has 0 bridgehead atoms. The number of hydrogen-bond acceptors (Lipinski definition) is 4. The lowest BCUT2D eigenvalue weighted by Gasteiger charge is -2.12. The molecule has 8 heteroatoms. The molecule has 0 atom stereocenters. The van der Waals surface area contributed by atoms with Crippen molar-refractivity contribution in [1.82, 2.24) is 16.2 Å². The molecule has 26 heavy (non-hydrogen) atoms. The molecule has 0 saturated heterocycles. The van der Waals surface area contributed by atoms with Crippen LogP contribution in [0.15, 0.2) is 48.5 Å². The van der Waals surface area contributed by atoms with Gasteiger partial charge < -0.3 is 4.74 Å². The molecular weight excluding hydrogens is 465 g/mol. The molecule has 0 aliphatic heterocycles. The van der Waals surface area contributed by atoms with Crippen LogP contribution in [0.4, 0.5) is 0 Å². The van der Waals surface area contributed by atoms with E-state index in [1.54, 1.807) is 36.4 Å². The summed E-state index contributed by atoms with van der Waals surface area (Å²) in [5.41, 5.74) is 5.90. The van der Waals surface area contributed by atoms with Gasteiger partial charge in [0, 0.05) is 9.13 Å². The van der Waals surface area contributed by atoms with Gasteiger partial charge in [0.2, 0.25) is 0 Å². The highest BCUT2D eigenvalue weighted by molar-refractivity contribution is 14.1. The molecule has 2 rings (SSSR count). The van der Waals surface area contributed by atoms with E-state index in [0.29, 0.717) is 23.5 Å². The quantitative estimate of drug-likeness (QED) is 0.346. The zero-order chi connectivity index (χ0) is 18.9. The minimum Gasteiger partial charge on any atom is -0.494 e. The topological polar surface area (TPSA) is 79.5 Å². The summed E-state index contributed by atoms with van der Waals surface area (Å²) in [5, 5.41) is 2.50. The van der Waals surface area contributed by atoms with Crippen molar-refractivity contribution in [1.29, 1.82) is 0 Å². The zero-order valence-corrected chi connectivity index (χ0v) is 17.0. The van der Waals surface area contributed by atoms with Crippen LogP contribution >= 0.6 is 34.8 Å². The van der Waals surface area contributed by atoms with E-state index in [0.717, 1.165) is 9.99 Å². The van der Waals surface area contributed by atoms with Crippen LogP contribution in [0.25, 0.3) is 0 Å². The normalized spacial score (nSPS) is 9.92. The summed E-state index contributed by atoms with van der Waals surface area (Å²) >= 11 is 7.11. The van der Waals surface area contributed by atoms with Crippen LogP contribution in [0.3, 0.4) is 0 Å². The van der Waals surface area contributed by atoms with E-state index < -0.39 is 5.91 Å². The number of benzene rings is 2. The summed E-state index contributed by atoms with van der Waals surface area (Å²) in [6, 6.07) is 13.9. The van der Waals surface area contributed by atoms with E-state index >= 15 is 0 Å². The molecule has 0 heterocycles. The van der Waals surface area contributed by atoms with Gasteiger partial charge >= 0.3 is 0 Å². The molecule has 0 fully saturated rings. The number of hydrazine groups is 1. The molecule has 0 aliphatic carbocycles. The number of thiocarbonyl (C=S) groups is 1. The first-order chi connectivity index (χ1) is 12.5. The van der Waals surface area contributed by atoms with Crippen LogP contribution in [-0.4, -0.2) is 23.5 Å². The van der Waals surface area contributed by atoms with Crippen molar-refractivity contribution >= 4 is 51.7 Å². The number of ether oxygens (including phenoxy) is 1. The largest absolute Gasteiger partial charge is 0.494 e. The number of hydrogen-bond donors (Lipinski definition) is 3. The summed E-state index contributed by atoms with van der Waals surface area (Å²) in [6.45, 7) is 2.58.